The second kappa shape index (κ2) is 6.58. The number of hydrogen-bond acceptors (Lipinski definition) is 5. The zero-order valence-electron chi connectivity index (χ0n) is 11.6. The zero-order chi connectivity index (χ0) is 16.3. The molecule has 0 amide bonds. The number of ketones is 1. The molecule has 1 atom stereocenters. The monoisotopic (exact) mass is 305 g/mol. The molecule has 1 aliphatic rings. The highest BCUT2D eigenvalue weighted by Gasteiger charge is 2.38. The van der Waals surface area contributed by atoms with Crippen LogP contribution in [0.4, 0.5) is 4.39 Å². The topological polar surface area (TPSA) is 108 Å². The van der Waals surface area contributed by atoms with Gasteiger partial charge in [-0.2, -0.15) is 5.26 Å². The van der Waals surface area contributed by atoms with Crippen molar-refractivity contribution in [3.05, 3.63) is 29.1 Å². The van der Waals surface area contributed by atoms with Crippen molar-refractivity contribution in [2.45, 2.75) is 31.5 Å². The molecular weight excluding hydrogens is 292 g/mol. The van der Waals surface area contributed by atoms with Crippen LogP contribution in [0.15, 0.2) is 12.1 Å². The average Bonchev–Trinajstić information content (AvgIpc) is 2.45. The van der Waals surface area contributed by atoms with E-state index in [4.69, 9.17) is 15.0 Å². The lowest BCUT2D eigenvalue weighted by Gasteiger charge is -2.28. The molecule has 0 radical (unpaired) electrons. The molecule has 0 fully saturated rings. The van der Waals surface area contributed by atoms with Gasteiger partial charge in [0.15, 0.2) is 0 Å². The predicted molar refractivity (Wildman–Crippen MR) is 73.9 cm³/mol. The number of carbonyl (C=O) groups excluding carboxylic acids is 1. The third kappa shape index (κ3) is 3.26. The maximum absolute atomic E-state index is 13.6. The van der Waals surface area contributed by atoms with Gasteiger partial charge < -0.3 is 14.8 Å². The minimum Gasteiger partial charge on any atom is -0.535 e. The Morgan fingerprint density at radius 2 is 2.23 bits per heavy atom. The van der Waals surface area contributed by atoms with Gasteiger partial charge in [0.1, 0.15) is 22.9 Å². The number of nitrogens with zero attached hydrogens (tertiary/aromatic N) is 1. The summed E-state index contributed by atoms with van der Waals surface area (Å²) in [5.41, 5.74) is -0.187. The Hall–Kier alpha value is -2.40. The number of carboxylic acids is 1. The highest BCUT2D eigenvalue weighted by molar-refractivity contribution is 6.47. The Kier molecular flexibility index (Phi) is 4.78. The van der Waals surface area contributed by atoms with Crippen molar-refractivity contribution in [1.29, 1.82) is 5.26 Å². The van der Waals surface area contributed by atoms with Gasteiger partial charge in [0.05, 0.1) is 6.07 Å². The molecule has 0 aliphatic carbocycles. The van der Waals surface area contributed by atoms with Crippen molar-refractivity contribution >= 4 is 18.9 Å². The minimum atomic E-state index is -1.48. The van der Waals surface area contributed by atoms with Gasteiger partial charge in [0.2, 0.25) is 0 Å². The molecule has 0 saturated heterocycles. The van der Waals surface area contributed by atoms with Crippen molar-refractivity contribution in [3.8, 4) is 11.8 Å². The van der Waals surface area contributed by atoms with Gasteiger partial charge in [-0.1, -0.05) is 6.07 Å². The van der Waals surface area contributed by atoms with Crippen LogP contribution < -0.4 is 4.65 Å². The SMILES string of the molecule is N#CCCC(=O)C[C@H]1Cc2ccc(F)c(C(=O)O)c2OB1O. The lowest BCUT2D eigenvalue weighted by molar-refractivity contribution is -0.119. The molecule has 22 heavy (non-hydrogen) atoms. The van der Waals surface area contributed by atoms with Gasteiger partial charge >= 0.3 is 13.1 Å². The first-order valence-electron chi connectivity index (χ1n) is 6.72. The van der Waals surface area contributed by atoms with Crippen LogP contribution in [0.5, 0.6) is 5.75 Å². The number of aromatic carboxylic acids is 1. The molecule has 0 aromatic heterocycles. The number of hydrogen-bond donors (Lipinski definition) is 2. The molecule has 0 spiro atoms. The summed E-state index contributed by atoms with van der Waals surface area (Å²) in [6.07, 6.45) is 0.418. The molecule has 0 bridgehead atoms. The lowest BCUT2D eigenvalue weighted by Crippen LogP contribution is -2.36. The van der Waals surface area contributed by atoms with Crippen LogP contribution in [0.3, 0.4) is 0 Å². The van der Waals surface area contributed by atoms with Crippen LogP contribution in [-0.4, -0.2) is 29.0 Å². The van der Waals surface area contributed by atoms with E-state index in [0.717, 1.165) is 6.07 Å². The molecule has 1 aromatic carbocycles. The lowest BCUT2D eigenvalue weighted by atomic mass is 9.64. The second-order valence-electron chi connectivity index (χ2n) is 5.09. The van der Waals surface area contributed by atoms with E-state index in [0.29, 0.717) is 5.56 Å². The van der Waals surface area contributed by atoms with E-state index < -0.39 is 30.3 Å². The standard InChI is InChI=1S/C14H13BFNO5/c16-11-4-3-8-6-9(7-10(18)2-1-5-17)15(21)22-13(8)12(11)14(19)20/h3-4,9,21H,1-2,6-7H2,(H,19,20)/t9-/m1/s1. The highest BCUT2D eigenvalue weighted by atomic mass is 19.1. The number of nitriles is 1. The number of Topliss-reactive ketones (excluding diaryl/α,β-unsaturated/α-hetero) is 1. The Morgan fingerprint density at radius 1 is 1.50 bits per heavy atom. The van der Waals surface area contributed by atoms with Crippen molar-refractivity contribution in [3.63, 3.8) is 0 Å². The van der Waals surface area contributed by atoms with Crippen LogP contribution in [-0.2, 0) is 11.2 Å². The van der Waals surface area contributed by atoms with Crippen LogP contribution in [0.1, 0.15) is 35.2 Å². The third-order valence-electron chi connectivity index (χ3n) is 3.53. The zero-order valence-corrected chi connectivity index (χ0v) is 11.6. The van der Waals surface area contributed by atoms with E-state index in [-0.39, 0.29) is 37.2 Å². The van der Waals surface area contributed by atoms with E-state index in [1.165, 1.54) is 6.07 Å². The molecule has 2 N–H and O–H groups in total. The summed E-state index contributed by atoms with van der Waals surface area (Å²) in [4.78, 5) is 22.8. The maximum Gasteiger partial charge on any atom is 0.526 e. The Bertz CT molecular complexity index is 657. The molecule has 8 heteroatoms. The van der Waals surface area contributed by atoms with Crippen molar-refractivity contribution in [2.75, 3.05) is 0 Å². The number of halogens is 1. The average molecular weight is 305 g/mol. The second-order valence-corrected chi connectivity index (χ2v) is 5.09. The molecule has 114 valence electrons. The number of rotatable bonds is 5. The van der Waals surface area contributed by atoms with Gasteiger partial charge in [-0.3, -0.25) is 4.79 Å². The predicted octanol–water partition coefficient (Wildman–Crippen LogP) is 1.57. The fourth-order valence-electron chi connectivity index (χ4n) is 2.46. The highest BCUT2D eigenvalue weighted by Crippen LogP contribution is 2.37. The van der Waals surface area contributed by atoms with Crippen molar-refractivity contribution in [1.82, 2.24) is 0 Å². The van der Waals surface area contributed by atoms with Crippen LogP contribution >= 0.6 is 0 Å². The van der Waals surface area contributed by atoms with E-state index in [2.05, 4.69) is 0 Å². The number of fused-ring (bicyclic) bond motifs is 1. The molecule has 1 heterocycles. The maximum atomic E-state index is 13.6. The molecular formula is C14H13BFNO5. The van der Waals surface area contributed by atoms with Gasteiger partial charge in [-0.25, -0.2) is 9.18 Å². The van der Waals surface area contributed by atoms with Gasteiger partial charge in [0, 0.05) is 25.1 Å². The van der Waals surface area contributed by atoms with E-state index >= 15 is 0 Å². The fraction of sp³-hybridized carbons (Fsp3) is 0.357. The Morgan fingerprint density at radius 3 is 2.86 bits per heavy atom. The first-order chi connectivity index (χ1) is 10.4. The minimum absolute atomic E-state index is 0.0159. The fourth-order valence-corrected chi connectivity index (χ4v) is 2.46. The third-order valence-corrected chi connectivity index (χ3v) is 3.53. The first-order valence-corrected chi connectivity index (χ1v) is 6.72. The van der Waals surface area contributed by atoms with Gasteiger partial charge in [0.25, 0.3) is 0 Å². The van der Waals surface area contributed by atoms with E-state index in [1.807, 2.05) is 6.07 Å². The summed E-state index contributed by atoms with van der Waals surface area (Å²) in [6.45, 7) is 0. The quantitative estimate of drug-likeness (QED) is 0.799. The Labute approximate surface area is 126 Å². The number of carbonyl (C=O) groups is 2. The summed E-state index contributed by atoms with van der Waals surface area (Å²) in [7, 11) is -1.39. The van der Waals surface area contributed by atoms with Gasteiger partial charge in [-0.15, -0.1) is 0 Å². The molecule has 0 unspecified atom stereocenters. The molecule has 6 nitrogen and oxygen atoms in total. The summed E-state index contributed by atoms with van der Waals surface area (Å²) in [6, 6.07) is 4.28. The molecule has 0 saturated carbocycles. The summed E-state index contributed by atoms with van der Waals surface area (Å²) < 4.78 is 18.7. The largest absolute Gasteiger partial charge is 0.535 e. The van der Waals surface area contributed by atoms with Crippen LogP contribution in [0.2, 0.25) is 5.82 Å². The summed E-state index contributed by atoms with van der Waals surface area (Å²) >= 11 is 0. The van der Waals surface area contributed by atoms with Crippen LogP contribution in [0, 0.1) is 17.1 Å². The smallest absolute Gasteiger partial charge is 0.526 e. The molecule has 2 rings (SSSR count). The van der Waals surface area contributed by atoms with Crippen molar-refractivity contribution < 1.29 is 28.8 Å². The number of carboxylic acid groups (broad SMARTS) is 1. The molecule has 1 aliphatic heterocycles. The van der Waals surface area contributed by atoms with Crippen LogP contribution in [0.25, 0.3) is 0 Å². The first kappa shape index (κ1) is 16.0. The molecule has 1 aromatic rings. The normalized spacial score (nSPS) is 16.4. The number of benzene rings is 1. The van der Waals surface area contributed by atoms with Crippen molar-refractivity contribution in [2.24, 2.45) is 0 Å². The van der Waals surface area contributed by atoms with E-state index in [9.17, 15) is 19.0 Å². The van der Waals surface area contributed by atoms with Gasteiger partial charge in [-0.05, 0) is 18.1 Å². The summed E-state index contributed by atoms with van der Waals surface area (Å²) in [5.74, 6) is -3.35. The summed E-state index contributed by atoms with van der Waals surface area (Å²) in [5, 5.41) is 27.4. The van der Waals surface area contributed by atoms with E-state index in [1.54, 1.807) is 0 Å². The Balaban J connectivity index is 2.21.